The summed E-state index contributed by atoms with van der Waals surface area (Å²) in [5.74, 6) is -0.130. The normalized spacial score (nSPS) is 11.8. The zero-order valence-electron chi connectivity index (χ0n) is 12.3. The minimum atomic E-state index is -1.18. The third-order valence-corrected chi connectivity index (χ3v) is 2.31. The van der Waals surface area contributed by atoms with Gasteiger partial charge in [-0.25, -0.2) is 4.79 Å². The van der Waals surface area contributed by atoms with Crippen LogP contribution in [-0.2, 0) is 9.53 Å². The maximum atomic E-state index is 12.0. The molecular weight excluding hydrogens is 262 g/mol. The van der Waals surface area contributed by atoms with Crippen molar-refractivity contribution in [2.45, 2.75) is 45.8 Å². The monoisotopic (exact) mass is 281 g/mol. The number of nitro groups is 1. The number of ether oxygens (including phenoxy) is 2. The Morgan fingerprint density at radius 2 is 1.60 bits per heavy atom. The van der Waals surface area contributed by atoms with E-state index in [2.05, 4.69) is 0 Å². The summed E-state index contributed by atoms with van der Waals surface area (Å²) < 4.78 is 10.8. The average molecular weight is 281 g/mol. The fourth-order valence-corrected chi connectivity index (χ4v) is 1.37. The first-order valence-corrected chi connectivity index (χ1v) is 6.18. The van der Waals surface area contributed by atoms with Crippen LogP contribution in [0.2, 0.25) is 0 Å². The molecule has 0 bridgehead atoms. The molecule has 110 valence electrons. The fourth-order valence-electron chi connectivity index (χ4n) is 1.37. The predicted molar refractivity (Wildman–Crippen MR) is 73.6 cm³/mol. The lowest BCUT2D eigenvalue weighted by Crippen LogP contribution is -2.43. The van der Waals surface area contributed by atoms with Crippen molar-refractivity contribution in [1.82, 2.24) is 0 Å². The summed E-state index contributed by atoms with van der Waals surface area (Å²) in [5.41, 5.74) is -1.82. The molecule has 0 amide bonds. The molecule has 0 atom stereocenters. The van der Waals surface area contributed by atoms with Crippen LogP contribution in [0.25, 0.3) is 0 Å². The molecule has 1 aromatic rings. The van der Waals surface area contributed by atoms with Crippen LogP contribution in [-0.4, -0.2) is 22.1 Å². The van der Waals surface area contributed by atoms with E-state index in [9.17, 15) is 14.9 Å². The maximum absolute atomic E-state index is 12.0. The molecule has 0 aliphatic heterocycles. The fraction of sp³-hybridized carbons (Fsp3) is 0.500. The van der Waals surface area contributed by atoms with E-state index in [1.54, 1.807) is 34.6 Å². The van der Waals surface area contributed by atoms with Crippen molar-refractivity contribution in [2.24, 2.45) is 0 Å². The Hall–Kier alpha value is -2.11. The van der Waals surface area contributed by atoms with Crippen molar-refractivity contribution in [3.8, 4) is 5.75 Å². The number of nitro benzene ring substituents is 1. The van der Waals surface area contributed by atoms with Crippen molar-refractivity contribution in [1.29, 1.82) is 0 Å². The van der Waals surface area contributed by atoms with Crippen molar-refractivity contribution in [2.75, 3.05) is 0 Å². The zero-order valence-corrected chi connectivity index (χ0v) is 12.3. The Balaban J connectivity index is 2.80. The SMILES string of the molecule is CC(C)(C)OC(=O)C(C)(C)Oc1ccc([N+](=O)[O-])cc1. The quantitative estimate of drug-likeness (QED) is 0.481. The Bertz CT molecular complexity index is 499. The van der Waals surface area contributed by atoms with E-state index in [0.717, 1.165) is 0 Å². The van der Waals surface area contributed by atoms with Gasteiger partial charge in [-0.05, 0) is 46.8 Å². The van der Waals surface area contributed by atoms with Crippen molar-refractivity contribution in [3.63, 3.8) is 0 Å². The molecule has 0 unspecified atom stereocenters. The molecule has 0 saturated carbocycles. The van der Waals surface area contributed by atoms with E-state index in [4.69, 9.17) is 9.47 Å². The number of benzene rings is 1. The van der Waals surface area contributed by atoms with Crippen molar-refractivity contribution >= 4 is 11.7 Å². The summed E-state index contributed by atoms with van der Waals surface area (Å²) in [4.78, 5) is 22.1. The lowest BCUT2D eigenvalue weighted by molar-refractivity contribution is -0.384. The van der Waals surface area contributed by atoms with Gasteiger partial charge in [-0.3, -0.25) is 10.1 Å². The van der Waals surface area contributed by atoms with Gasteiger partial charge in [0, 0.05) is 12.1 Å². The average Bonchev–Trinajstić information content (AvgIpc) is 2.26. The molecule has 0 spiro atoms. The molecule has 20 heavy (non-hydrogen) atoms. The first kappa shape index (κ1) is 15.9. The largest absolute Gasteiger partial charge is 0.476 e. The zero-order chi connectivity index (χ0) is 15.6. The standard InChI is InChI=1S/C14H19NO5/c1-13(2,3)20-12(16)14(4,5)19-11-8-6-10(7-9-11)15(17)18/h6-9H,1-5H3. The van der Waals surface area contributed by atoms with Crippen molar-refractivity contribution < 1.29 is 19.2 Å². The van der Waals surface area contributed by atoms with Crippen molar-refractivity contribution in [3.05, 3.63) is 34.4 Å². The van der Waals surface area contributed by atoms with E-state index < -0.39 is 22.1 Å². The number of hydrogen-bond acceptors (Lipinski definition) is 5. The van der Waals surface area contributed by atoms with Crippen LogP contribution in [0.1, 0.15) is 34.6 Å². The van der Waals surface area contributed by atoms with Gasteiger partial charge in [0.25, 0.3) is 5.69 Å². The van der Waals surface area contributed by atoms with E-state index in [-0.39, 0.29) is 5.69 Å². The molecular formula is C14H19NO5. The number of rotatable bonds is 4. The molecule has 0 aliphatic rings. The van der Waals surface area contributed by atoms with Crippen LogP contribution >= 0.6 is 0 Å². The molecule has 1 aromatic carbocycles. The molecule has 0 radical (unpaired) electrons. The molecule has 6 nitrogen and oxygen atoms in total. The molecule has 0 saturated heterocycles. The third-order valence-electron chi connectivity index (χ3n) is 2.31. The van der Waals surface area contributed by atoms with Crippen LogP contribution in [0.4, 0.5) is 5.69 Å². The minimum Gasteiger partial charge on any atom is -0.476 e. The lowest BCUT2D eigenvalue weighted by atomic mass is 10.1. The van der Waals surface area contributed by atoms with Gasteiger partial charge in [-0.2, -0.15) is 0 Å². The smallest absolute Gasteiger partial charge is 0.350 e. The topological polar surface area (TPSA) is 78.7 Å². The van der Waals surface area contributed by atoms with Gasteiger partial charge in [-0.1, -0.05) is 0 Å². The molecule has 6 heteroatoms. The van der Waals surface area contributed by atoms with Crippen LogP contribution in [0.5, 0.6) is 5.75 Å². The highest BCUT2D eigenvalue weighted by Gasteiger charge is 2.34. The van der Waals surface area contributed by atoms with Gasteiger partial charge < -0.3 is 9.47 Å². The molecule has 0 N–H and O–H groups in total. The van der Waals surface area contributed by atoms with Crippen LogP contribution in [0.3, 0.4) is 0 Å². The second-order valence-corrected chi connectivity index (χ2v) is 5.87. The highest BCUT2D eigenvalue weighted by atomic mass is 16.6. The number of esters is 1. The van der Waals surface area contributed by atoms with E-state index >= 15 is 0 Å². The highest BCUT2D eigenvalue weighted by molar-refractivity contribution is 5.79. The van der Waals surface area contributed by atoms with Gasteiger partial charge in [0.2, 0.25) is 0 Å². The van der Waals surface area contributed by atoms with Crippen LogP contribution < -0.4 is 4.74 Å². The van der Waals surface area contributed by atoms with E-state index in [0.29, 0.717) is 5.75 Å². The second kappa shape index (κ2) is 5.48. The van der Waals surface area contributed by atoms with E-state index in [1.807, 2.05) is 0 Å². The van der Waals surface area contributed by atoms with Gasteiger partial charge >= 0.3 is 5.97 Å². The first-order chi connectivity index (χ1) is 9.01. The first-order valence-electron chi connectivity index (χ1n) is 6.18. The number of non-ortho nitro benzene ring substituents is 1. The predicted octanol–water partition coefficient (Wildman–Crippen LogP) is 3.09. The number of nitrogens with zero attached hydrogens (tertiary/aromatic N) is 1. The van der Waals surface area contributed by atoms with E-state index in [1.165, 1.54) is 24.3 Å². The minimum absolute atomic E-state index is 0.0348. The second-order valence-electron chi connectivity index (χ2n) is 5.87. The molecule has 0 aromatic heterocycles. The Kier molecular flexibility index (Phi) is 4.37. The molecule has 0 fully saturated rings. The summed E-state index contributed by atoms with van der Waals surface area (Å²) in [6.45, 7) is 8.48. The van der Waals surface area contributed by atoms with Gasteiger partial charge in [0.15, 0.2) is 5.60 Å². The highest BCUT2D eigenvalue weighted by Crippen LogP contribution is 2.24. The third kappa shape index (κ3) is 4.53. The van der Waals surface area contributed by atoms with Gasteiger partial charge in [-0.15, -0.1) is 0 Å². The Morgan fingerprint density at radius 1 is 1.10 bits per heavy atom. The lowest BCUT2D eigenvalue weighted by Gasteiger charge is -2.29. The van der Waals surface area contributed by atoms with Gasteiger partial charge in [0.05, 0.1) is 4.92 Å². The number of carbonyl (C=O) groups is 1. The molecule has 1 rings (SSSR count). The summed E-state index contributed by atoms with van der Waals surface area (Å²) in [6.07, 6.45) is 0. The Morgan fingerprint density at radius 3 is 2.00 bits per heavy atom. The summed E-state index contributed by atoms with van der Waals surface area (Å²) in [5, 5.41) is 10.6. The Labute approximate surface area is 117 Å². The summed E-state index contributed by atoms with van der Waals surface area (Å²) >= 11 is 0. The number of carbonyl (C=O) groups excluding carboxylic acids is 1. The van der Waals surface area contributed by atoms with Gasteiger partial charge in [0.1, 0.15) is 11.4 Å². The van der Waals surface area contributed by atoms with Crippen LogP contribution in [0.15, 0.2) is 24.3 Å². The molecule has 0 heterocycles. The molecule has 0 aliphatic carbocycles. The summed E-state index contributed by atoms with van der Waals surface area (Å²) in [7, 11) is 0. The summed E-state index contributed by atoms with van der Waals surface area (Å²) in [6, 6.07) is 5.54. The number of hydrogen-bond donors (Lipinski definition) is 0. The van der Waals surface area contributed by atoms with Crippen LogP contribution in [0, 0.1) is 10.1 Å². The maximum Gasteiger partial charge on any atom is 0.350 e.